The molecule has 0 aromatic carbocycles. The van der Waals surface area contributed by atoms with Gasteiger partial charge < -0.3 is 9.51 Å². The molecule has 3 rings (SSSR count). The van der Waals surface area contributed by atoms with Crippen molar-refractivity contribution in [2.45, 2.75) is 19.6 Å². The second kappa shape index (κ2) is 4.68. The molecule has 0 aliphatic heterocycles. The van der Waals surface area contributed by atoms with E-state index >= 15 is 0 Å². The fourth-order valence-corrected chi connectivity index (χ4v) is 2.37. The highest BCUT2D eigenvalue weighted by Gasteiger charge is 2.21. The third kappa shape index (κ3) is 2.01. The summed E-state index contributed by atoms with van der Waals surface area (Å²) in [5, 5.41) is 15.0. The summed E-state index contributed by atoms with van der Waals surface area (Å²) >= 11 is 6.09. The zero-order valence-electron chi connectivity index (χ0n) is 10.4. The molecule has 5 nitrogen and oxygen atoms in total. The van der Waals surface area contributed by atoms with Crippen LogP contribution in [0.15, 0.2) is 36.8 Å². The largest absolute Gasteiger partial charge is 0.380 e. The number of nitrogens with zero attached hydrogens (tertiary/aromatic N) is 4. The van der Waals surface area contributed by atoms with Gasteiger partial charge in [0.15, 0.2) is 0 Å². The van der Waals surface area contributed by atoms with E-state index in [-0.39, 0.29) is 0 Å². The highest BCUT2D eigenvalue weighted by molar-refractivity contribution is 6.31. The standard InChI is InChI=1S/C13H13ClN4O/c1-2-18-12(9(14)7-15-18)13(19)10-8-17-6-4-3-5-11(17)16-10/h3-8,13,19H,2H2,1H3. The Labute approximate surface area is 115 Å². The Kier molecular flexibility index (Phi) is 3.00. The maximum Gasteiger partial charge on any atom is 0.141 e. The monoisotopic (exact) mass is 276 g/mol. The summed E-state index contributed by atoms with van der Waals surface area (Å²) in [7, 11) is 0. The molecule has 0 radical (unpaired) electrons. The van der Waals surface area contributed by atoms with Crippen LogP contribution >= 0.6 is 11.6 Å². The Hall–Kier alpha value is -1.85. The van der Waals surface area contributed by atoms with Gasteiger partial charge in [0.2, 0.25) is 0 Å². The van der Waals surface area contributed by atoms with Crippen LogP contribution in [-0.4, -0.2) is 24.3 Å². The van der Waals surface area contributed by atoms with Crippen LogP contribution in [-0.2, 0) is 6.54 Å². The quantitative estimate of drug-likeness (QED) is 0.798. The third-order valence-corrected chi connectivity index (χ3v) is 3.35. The predicted molar refractivity (Wildman–Crippen MR) is 72.2 cm³/mol. The van der Waals surface area contributed by atoms with Gasteiger partial charge in [-0.05, 0) is 19.1 Å². The molecule has 0 aliphatic rings. The van der Waals surface area contributed by atoms with Crippen molar-refractivity contribution in [1.29, 1.82) is 0 Å². The molecule has 6 heteroatoms. The number of halogens is 1. The van der Waals surface area contributed by atoms with Gasteiger partial charge in [0.25, 0.3) is 0 Å². The van der Waals surface area contributed by atoms with Crippen molar-refractivity contribution < 1.29 is 5.11 Å². The molecule has 3 aromatic rings. The lowest BCUT2D eigenvalue weighted by atomic mass is 10.2. The summed E-state index contributed by atoms with van der Waals surface area (Å²) in [6.45, 7) is 2.59. The molecule has 0 bridgehead atoms. The predicted octanol–water partition coefficient (Wildman–Crippen LogP) is 2.29. The molecule has 1 N–H and O–H groups in total. The number of aryl methyl sites for hydroxylation is 1. The molecule has 0 saturated heterocycles. The number of hydrogen-bond donors (Lipinski definition) is 1. The normalized spacial score (nSPS) is 13.0. The summed E-state index contributed by atoms with van der Waals surface area (Å²) in [6, 6.07) is 5.70. The molecule has 3 aromatic heterocycles. The molecule has 19 heavy (non-hydrogen) atoms. The number of fused-ring (bicyclic) bond motifs is 1. The number of aromatic nitrogens is 4. The topological polar surface area (TPSA) is 55.3 Å². The average Bonchev–Trinajstić information content (AvgIpc) is 3.01. The van der Waals surface area contributed by atoms with Crippen molar-refractivity contribution in [3.8, 4) is 0 Å². The van der Waals surface area contributed by atoms with Crippen molar-refractivity contribution in [3.63, 3.8) is 0 Å². The minimum Gasteiger partial charge on any atom is -0.380 e. The molecular weight excluding hydrogens is 264 g/mol. The van der Waals surface area contributed by atoms with Gasteiger partial charge in [-0.25, -0.2) is 4.98 Å². The molecule has 0 amide bonds. The van der Waals surface area contributed by atoms with Crippen LogP contribution < -0.4 is 0 Å². The van der Waals surface area contributed by atoms with Crippen LogP contribution in [0, 0.1) is 0 Å². The summed E-state index contributed by atoms with van der Waals surface area (Å²) in [6.07, 6.45) is 4.34. The molecule has 98 valence electrons. The van der Waals surface area contributed by atoms with E-state index in [2.05, 4.69) is 10.1 Å². The minimum absolute atomic E-state index is 0.450. The second-order valence-electron chi connectivity index (χ2n) is 4.23. The smallest absolute Gasteiger partial charge is 0.141 e. The van der Waals surface area contributed by atoms with Crippen LogP contribution in [0.4, 0.5) is 0 Å². The van der Waals surface area contributed by atoms with E-state index in [9.17, 15) is 5.11 Å². The molecule has 1 unspecified atom stereocenters. The van der Waals surface area contributed by atoms with Crippen molar-refractivity contribution in [3.05, 3.63) is 53.2 Å². The van der Waals surface area contributed by atoms with E-state index in [0.29, 0.717) is 23.0 Å². The van der Waals surface area contributed by atoms with Crippen LogP contribution in [0.3, 0.4) is 0 Å². The summed E-state index contributed by atoms with van der Waals surface area (Å²) in [4.78, 5) is 4.40. The van der Waals surface area contributed by atoms with Crippen LogP contribution in [0.25, 0.3) is 5.65 Å². The van der Waals surface area contributed by atoms with Crippen LogP contribution in [0.2, 0.25) is 5.02 Å². The van der Waals surface area contributed by atoms with Gasteiger partial charge in [0, 0.05) is 18.9 Å². The zero-order chi connectivity index (χ0) is 13.4. The maximum atomic E-state index is 10.5. The Morgan fingerprint density at radius 3 is 3.00 bits per heavy atom. The van der Waals surface area contributed by atoms with Crippen molar-refractivity contribution in [2.24, 2.45) is 0 Å². The van der Waals surface area contributed by atoms with Gasteiger partial charge in [0.05, 0.1) is 22.6 Å². The summed E-state index contributed by atoms with van der Waals surface area (Å²) in [5.74, 6) is 0. The van der Waals surface area contributed by atoms with Crippen LogP contribution in [0.1, 0.15) is 24.4 Å². The molecule has 0 fully saturated rings. The lowest BCUT2D eigenvalue weighted by Gasteiger charge is -2.10. The average molecular weight is 277 g/mol. The second-order valence-corrected chi connectivity index (χ2v) is 4.64. The fourth-order valence-electron chi connectivity index (χ4n) is 2.12. The Bertz CT molecular complexity index is 685. The Morgan fingerprint density at radius 1 is 1.42 bits per heavy atom. The number of hydrogen-bond acceptors (Lipinski definition) is 3. The van der Waals surface area contributed by atoms with Crippen molar-refractivity contribution >= 4 is 17.2 Å². The van der Waals surface area contributed by atoms with E-state index in [1.807, 2.05) is 35.7 Å². The summed E-state index contributed by atoms with van der Waals surface area (Å²) in [5.41, 5.74) is 1.92. The lowest BCUT2D eigenvalue weighted by Crippen LogP contribution is -2.09. The first-order chi connectivity index (χ1) is 9.20. The summed E-state index contributed by atoms with van der Waals surface area (Å²) < 4.78 is 3.54. The zero-order valence-corrected chi connectivity index (χ0v) is 11.1. The third-order valence-electron chi connectivity index (χ3n) is 3.05. The molecule has 3 heterocycles. The van der Waals surface area contributed by atoms with Gasteiger partial charge in [-0.1, -0.05) is 17.7 Å². The number of rotatable bonds is 3. The lowest BCUT2D eigenvalue weighted by molar-refractivity contribution is 0.204. The van der Waals surface area contributed by atoms with Gasteiger partial charge in [-0.15, -0.1) is 0 Å². The molecule has 1 atom stereocenters. The first kappa shape index (κ1) is 12.2. The first-order valence-corrected chi connectivity index (χ1v) is 6.41. The van der Waals surface area contributed by atoms with E-state index < -0.39 is 6.10 Å². The van der Waals surface area contributed by atoms with Gasteiger partial charge >= 0.3 is 0 Å². The van der Waals surface area contributed by atoms with E-state index in [4.69, 9.17) is 11.6 Å². The highest BCUT2D eigenvalue weighted by Crippen LogP contribution is 2.27. The first-order valence-electron chi connectivity index (χ1n) is 6.03. The number of pyridine rings is 1. The Morgan fingerprint density at radius 2 is 2.26 bits per heavy atom. The maximum absolute atomic E-state index is 10.5. The highest BCUT2D eigenvalue weighted by atomic mass is 35.5. The molecular formula is C13H13ClN4O. The number of imidazole rings is 1. The van der Waals surface area contributed by atoms with Crippen molar-refractivity contribution in [2.75, 3.05) is 0 Å². The van der Waals surface area contributed by atoms with Gasteiger partial charge in [-0.3, -0.25) is 4.68 Å². The number of aliphatic hydroxyl groups excluding tert-OH is 1. The van der Waals surface area contributed by atoms with Crippen molar-refractivity contribution in [1.82, 2.24) is 19.2 Å². The number of aliphatic hydroxyl groups is 1. The fraction of sp³-hybridized carbons (Fsp3) is 0.231. The molecule has 0 spiro atoms. The van der Waals surface area contributed by atoms with Crippen LogP contribution in [0.5, 0.6) is 0 Å². The van der Waals surface area contributed by atoms with Gasteiger partial charge in [-0.2, -0.15) is 5.10 Å². The molecule has 0 saturated carbocycles. The Balaban J connectivity index is 2.07. The SMILES string of the molecule is CCn1ncc(Cl)c1C(O)c1cn2ccccc2n1. The molecule has 0 aliphatic carbocycles. The minimum atomic E-state index is -0.880. The van der Waals surface area contributed by atoms with Gasteiger partial charge in [0.1, 0.15) is 11.8 Å². The van der Waals surface area contributed by atoms with E-state index in [0.717, 1.165) is 5.65 Å². The van der Waals surface area contributed by atoms with E-state index in [1.54, 1.807) is 17.1 Å². The van der Waals surface area contributed by atoms with E-state index in [1.165, 1.54) is 0 Å².